The summed E-state index contributed by atoms with van der Waals surface area (Å²) in [6.07, 6.45) is -3.19. The van der Waals surface area contributed by atoms with Gasteiger partial charge in [-0.25, -0.2) is 9.88 Å². The zero-order valence-electron chi connectivity index (χ0n) is 23.0. The third-order valence-corrected chi connectivity index (χ3v) is 7.46. The van der Waals surface area contributed by atoms with Crippen molar-refractivity contribution in [3.63, 3.8) is 0 Å². The number of esters is 1. The highest BCUT2D eigenvalue weighted by molar-refractivity contribution is 8.09. The molecule has 0 radical (unpaired) electrons. The minimum absolute atomic E-state index is 0.0758. The van der Waals surface area contributed by atoms with Crippen LogP contribution in [0.3, 0.4) is 0 Å². The Morgan fingerprint density at radius 3 is 2.38 bits per heavy atom. The Morgan fingerprint density at radius 1 is 1.12 bits per heavy atom. The molecule has 5 atom stereocenters. The third-order valence-electron chi connectivity index (χ3n) is 4.96. The molecule has 0 aliphatic rings. The number of aliphatic hydroxyl groups excluding tert-OH is 2. The van der Waals surface area contributed by atoms with Gasteiger partial charge in [0, 0.05) is 18.2 Å². The molecule has 0 saturated heterocycles. The van der Waals surface area contributed by atoms with Crippen LogP contribution in [0, 0.1) is 17.8 Å². The Hall–Kier alpha value is -2.82. The molecule has 3 unspecified atom stereocenters. The summed E-state index contributed by atoms with van der Waals surface area (Å²) < 4.78 is 24.0. The lowest BCUT2D eigenvalue weighted by Gasteiger charge is -2.30. The maximum Gasteiger partial charge on any atom is 0.330 e. The van der Waals surface area contributed by atoms with Gasteiger partial charge < -0.3 is 28.7 Å². The molecular weight excluding hydrogens is 561 g/mol. The summed E-state index contributed by atoms with van der Waals surface area (Å²) in [5.41, 5.74) is -1.46. The van der Waals surface area contributed by atoms with Crippen molar-refractivity contribution in [1.82, 2.24) is 14.6 Å². The van der Waals surface area contributed by atoms with E-state index in [1.165, 1.54) is 0 Å². The third kappa shape index (κ3) is 11.0. The molecule has 4 N–H and O–H groups in total. The van der Waals surface area contributed by atoms with E-state index in [0.29, 0.717) is 5.75 Å². The van der Waals surface area contributed by atoms with Crippen LogP contribution in [0.2, 0.25) is 0 Å². The molecule has 0 bridgehead atoms. The van der Waals surface area contributed by atoms with E-state index in [1.807, 2.05) is 13.8 Å². The van der Waals surface area contributed by atoms with E-state index in [2.05, 4.69) is 21.9 Å². The molecule has 1 aromatic carbocycles. The van der Waals surface area contributed by atoms with Crippen LogP contribution in [0.15, 0.2) is 52.2 Å². The number of nitrogens with zero attached hydrogens (tertiary/aromatic N) is 1. The molecule has 0 aliphatic heterocycles. The molecule has 12 nitrogen and oxygen atoms in total. The van der Waals surface area contributed by atoms with Gasteiger partial charge in [-0.1, -0.05) is 43.9 Å². The van der Waals surface area contributed by atoms with Gasteiger partial charge in [-0.3, -0.25) is 19.1 Å². The second-order valence-corrected chi connectivity index (χ2v) is 12.4. The summed E-state index contributed by atoms with van der Waals surface area (Å²) in [5.74, 6) is 5.23. The Bertz CT molecular complexity index is 1320. The highest BCUT2D eigenvalue weighted by atomic mass is 32.5. The van der Waals surface area contributed by atoms with E-state index in [9.17, 15) is 24.6 Å². The van der Waals surface area contributed by atoms with E-state index in [1.54, 1.807) is 51.1 Å². The van der Waals surface area contributed by atoms with Crippen molar-refractivity contribution in [2.24, 2.45) is 5.92 Å². The quantitative estimate of drug-likeness (QED) is 0.142. The van der Waals surface area contributed by atoms with Crippen molar-refractivity contribution in [3.8, 4) is 17.6 Å². The number of rotatable bonds is 14. The van der Waals surface area contributed by atoms with Gasteiger partial charge in [0.2, 0.25) is 0 Å². The van der Waals surface area contributed by atoms with Gasteiger partial charge in [0.15, 0.2) is 6.23 Å². The number of carbonyl (C=O) groups is 1. The molecule has 220 valence electrons. The summed E-state index contributed by atoms with van der Waals surface area (Å²) in [5, 5.41) is 23.7. The average molecular weight is 598 g/mol. The summed E-state index contributed by atoms with van der Waals surface area (Å²) in [7, 11) is 0. The second kappa shape index (κ2) is 15.8. The van der Waals surface area contributed by atoms with Crippen molar-refractivity contribution in [3.05, 3.63) is 63.4 Å². The van der Waals surface area contributed by atoms with Crippen LogP contribution in [-0.4, -0.2) is 63.3 Å². The Balaban J connectivity index is 2.37. The van der Waals surface area contributed by atoms with Gasteiger partial charge in [-0.15, -0.1) is 0 Å². The summed E-state index contributed by atoms with van der Waals surface area (Å²) in [6, 6.07) is 8.74. The van der Waals surface area contributed by atoms with Crippen LogP contribution in [0.1, 0.15) is 40.8 Å². The number of hydrogen-bond acceptors (Lipinski definition) is 10. The molecule has 40 heavy (non-hydrogen) atoms. The van der Waals surface area contributed by atoms with Crippen molar-refractivity contribution in [2.45, 2.75) is 65.2 Å². The number of ether oxygens (including phenoxy) is 2. The molecule has 0 fully saturated rings. The van der Waals surface area contributed by atoms with E-state index in [0.717, 1.165) is 16.8 Å². The van der Waals surface area contributed by atoms with Gasteiger partial charge in [0.05, 0.1) is 19.3 Å². The monoisotopic (exact) mass is 597 g/mol. The van der Waals surface area contributed by atoms with Crippen molar-refractivity contribution < 1.29 is 33.5 Å². The van der Waals surface area contributed by atoms with Crippen LogP contribution in [0.5, 0.6) is 5.75 Å². The lowest BCUT2D eigenvalue weighted by Crippen LogP contribution is -2.41. The number of aromatic amines is 1. The molecule has 0 amide bonds. The number of hydrogen-bond donors (Lipinski definition) is 4. The maximum absolute atomic E-state index is 12.5. The molecule has 2 rings (SSSR count). The van der Waals surface area contributed by atoms with Crippen LogP contribution >= 0.6 is 6.64 Å². The number of aliphatic hydroxyl groups is 2. The van der Waals surface area contributed by atoms with Gasteiger partial charge in [-0.2, -0.15) is 0 Å². The van der Waals surface area contributed by atoms with E-state index in [4.69, 9.17) is 30.3 Å². The number of aromatic nitrogens is 2. The van der Waals surface area contributed by atoms with Gasteiger partial charge in [0.1, 0.15) is 24.0 Å². The predicted molar refractivity (Wildman–Crippen MR) is 152 cm³/mol. The number of para-hydroxylation sites is 1. The molecular formula is C26H36N3O9PS. The zero-order valence-corrected chi connectivity index (χ0v) is 24.7. The Kier molecular flexibility index (Phi) is 13.2. The fourth-order valence-corrected chi connectivity index (χ4v) is 5.53. The summed E-state index contributed by atoms with van der Waals surface area (Å²) in [4.78, 5) is 38.3. The van der Waals surface area contributed by atoms with Crippen molar-refractivity contribution in [1.29, 1.82) is 0 Å². The lowest BCUT2D eigenvalue weighted by atomic mass is 10.1. The van der Waals surface area contributed by atoms with Crippen molar-refractivity contribution in [2.75, 3.05) is 13.2 Å². The molecule has 14 heteroatoms. The number of nitrogens with one attached hydrogen (secondary N) is 2. The SMILES string of the molecule is CC(C)C#C[C@H](O)C(COP(=S)(NC(C)C(=O)OC(C)C)Oc1ccccc1)O[C@H](CO)n1ccc(=O)[nH]c1=O. The summed E-state index contributed by atoms with van der Waals surface area (Å²) >= 11 is 5.70. The fourth-order valence-electron chi connectivity index (χ4n) is 3.11. The smallest absolute Gasteiger partial charge is 0.330 e. The van der Waals surface area contributed by atoms with Crippen LogP contribution in [-0.2, 0) is 30.6 Å². The fraction of sp³-hybridized carbons (Fsp3) is 0.500. The van der Waals surface area contributed by atoms with Crippen LogP contribution < -0.4 is 20.9 Å². The molecule has 0 aliphatic carbocycles. The van der Waals surface area contributed by atoms with Crippen LogP contribution in [0.4, 0.5) is 0 Å². The molecule has 1 heterocycles. The number of H-pyrrole nitrogens is 1. The number of benzene rings is 1. The van der Waals surface area contributed by atoms with Crippen molar-refractivity contribution >= 4 is 24.4 Å². The lowest BCUT2D eigenvalue weighted by molar-refractivity contribution is -0.149. The first-order valence-corrected chi connectivity index (χ1v) is 15.2. The van der Waals surface area contributed by atoms with Gasteiger partial charge >= 0.3 is 18.3 Å². The van der Waals surface area contributed by atoms with Crippen LogP contribution in [0.25, 0.3) is 0 Å². The predicted octanol–water partition coefficient (Wildman–Crippen LogP) is 1.68. The highest BCUT2D eigenvalue weighted by Crippen LogP contribution is 2.45. The standard InChI is InChI=1S/C26H36N3O9PS/c1-17(2)11-12-21(31)22(37-24(15-30)29-14-13-23(32)27-26(29)34)16-35-39(40,38-20-9-7-6-8-10-20)28-19(5)25(33)36-18(3)4/h6-10,13-14,17-19,21-22,24,30-31H,15-16H2,1-5H3,(H,28,40)(H,27,32,34)/t19?,21-,22?,24+,39?/m0/s1. The molecule has 2 aromatic rings. The molecule has 1 aromatic heterocycles. The first kappa shape index (κ1) is 33.4. The second-order valence-electron chi connectivity index (χ2n) is 9.25. The largest absolute Gasteiger partial charge is 0.462 e. The summed E-state index contributed by atoms with van der Waals surface area (Å²) in [6.45, 7) is 4.04. The van der Waals surface area contributed by atoms with E-state index < -0.39 is 61.6 Å². The minimum atomic E-state index is -3.50. The topological polar surface area (TPSA) is 161 Å². The first-order chi connectivity index (χ1) is 18.8. The van der Waals surface area contributed by atoms with Gasteiger partial charge in [-0.05, 0) is 44.7 Å². The maximum atomic E-state index is 12.5. The first-order valence-electron chi connectivity index (χ1n) is 12.6. The van der Waals surface area contributed by atoms with E-state index >= 15 is 0 Å². The zero-order chi connectivity index (χ0) is 29.9. The highest BCUT2D eigenvalue weighted by Gasteiger charge is 2.32. The van der Waals surface area contributed by atoms with Gasteiger partial charge in [0.25, 0.3) is 5.56 Å². The Morgan fingerprint density at radius 2 is 1.80 bits per heavy atom. The number of carbonyl (C=O) groups excluding carboxylic acids is 1. The molecule has 0 spiro atoms. The Labute approximate surface area is 237 Å². The normalized spacial score (nSPS) is 15.8. The minimum Gasteiger partial charge on any atom is -0.462 e. The average Bonchev–Trinajstić information content (AvgIpc) is 2.88. The van der Waals surface area contributed by atoms with E-state index in [-0.39, 0.29) is 12.0 Å². The molecule has 0 saturated carbocycles.